The number of aromatic nitrogens is 1. The lowest BCUT2D eigenvalue weighted by Gasteiger charge is -2.10. The number of ketones is 1. The fraction of sp³-hybridized carbons (Fsp3) is 0.0952. The molecule has 0 radical (unpaired) electrons. The van der Waals surface area contributed by atoms with Crippen LogP contribution in [-0.2, 0) is 6.54 Å². The Hall–Kier alpha value is -3.18. The number of nitrogens with zero attached hydrogens (tertiary/aromatic N) is 1. The minimum Gasteiger partial charge on any atom is -0.322 e. The highest BCUT2D eigenvalue weighted by atomic mass is 35.5. The number of anilines is 1. The fourth-order valence-electron chi connectivity index (χ4n) is 2.61. The van der Waals surface area contributed by atoms with E-state index in [1.165, 1.54) is 29.8 Å². The van der Waals surface area contributed by atoms with Crippen molar-refractivity contribution in [3.8, 4) is 0 Å². The highest BCUT2D eigenvalue weighted by Crippen LogP contribution is 2.13. The number of nitrogens with one attached hydrogen (secondary N) is 1. The first-order chi connectivity index (χ1) is 12.9. The van der Waals surface area contributed by atoms with E-state index in [4.69, 9.17) is 11.6 Å². The monoisotopic (exact) mass is 380 g/mol. The maximum absolute atomic E-state index is 12.5. The van der Waals surface area contributed by atoms with E-state index in [2.05, 4.69) is 5.32 Å². The first-order valence-electron chi connectivity index (χ1n) is 8.30. The highest BCUT2D eigenvalue weighted by Gasteiger charge is 2.09. The van der Waals surface area contributed by atoms with Crippen LogP contribution in [0.25, 0.3) is 0 Å². The van der Waals surface area contributed by atoms with Crippen LogP contribution in [0.3, 0.4) is 0 Å². The molecule has 0 aliphatic carbocycles. The zero-order valence-corrected chi connectivity index (χ0v) is 15.4. The van der Waals surface area contributed by atoms with Crippen molar-refractivity contribution in [2.24, 2.45) is 0 Å². The first-order valence-corrected chi connectivity index (χ1v) is 8.67. The highest BCUT2D eigenvalue weighted by molar-refractivity contribution is 6.30. The Labute approximate surface area is 161 Å². The quantitative estimate of drug-likeness (QED) is 0.680. The van der Waals surface area contributed by atoms with Crippen molar-refractivity contribution >= 4 is 29.0 Å². The normalized spacial score (nSPS) is 10.4. The van der Waals surface area contributed by atoms with Gasteiger partial charge in [-0.15, -0.1) is 0 Å². The average Bonchev–Trinajstić information content (AvgIpc) is 2.64. The Morgan fingerprint density at radius 2 is 1.70 bits per heavy atom. The minimum absolute atomic E-state index is 0.0408. The summed E-state index contributed by atoms with van der Waals surface area (Å²) in [6, 6.07) is 16.7. The van der Waals surface area contributed by atoms with Gasteiger partial charge in [-0.25, -0.2) is 0 Å². The summed E-state index contributed by atoms with van der Waals surface area (Å²) in [7, 11) is 0. The van der Waals surface area contributed by atoms with Gasteiger partial charge in [0.25, 0.3) is 11.5 Å². The van der Waals surface area contributed by atoms with Crippen molar-refractivity contribution < 1.29 is 9.59 Å². The van der Waals surface area contributed by atoms with Gasteiger partial charge in [0.05, 0.1) is 12.1 Å². The van der Waals surface area contributed by atoms with Crippen LogP contribution in [0.2, 0.25) is 5.02 Å². The van der Waals surface area contributed by atoms with E-state index in [9.17, 15) is 14.4 Å². The summed E-state index contributed by atoms with van der Waals surface area (Å²) in [5.41, 5.74) is 2.15. The molecule has 27 heavy (non-hydrogen) atoms. The molecule has 0 saturated heterocycles. The molecule has 1 amide bonds. The molecule has 0 unspecified atom stereocenters. The molecule has 0 aliphatic heterocycles. The molecule has 0 aliphatic rings. The van der Waals surface area contributed by atoms with Gasteiger partial charge in [0.1, 0.15) is 0 Å². The number of benzene rings is 2. The smallest absolute Gasteiger partial charge is 0.257 e. The van der Waals surface area contributed by atoms with Crippen LogP contribution in [0, 0.1) is 0 Å². The van der Waals surface area contributed by atoms with Crippen molar-refractivity contribution in [3.05, 3.63) is 98.9 Å². The molecule has 136 valence electrons. The molecular weight excluding hydrogens is 364 g/mol. The maximum atomic E-state index is 12.5. The standard InChI is InChI=1S/C21H17ClN2O3/c1-14(25)16-5-8-19(9-6-16)23-21(27)17-7-10-20(26)24(13-17)12-15-3-2-4-18(22)11-15/h2-11,13H,12H2,1H3,(H,23,27). The summed E-state index contributed by atoms with van der Waals surface area (Å²) in [4.78, 5) is 35.9. The molecule has 1 heterocycles. The number of pyridine rings is 1. The third-order valence-corrected chi connectivity index (χ3v) is 4.27. The maximum Gasteiger partial charge on any atom is 0.257 e. The van der Waals surface area contributed by atoms with E-state index in [-0.39, 0.29) is 17.2 Å². The van der Waals surface area contributed by atoms with E-state index in [1.54, 1.807) is 36.4 Å². The van der Waals surface area contributed by atoms with Gasteiger partial charge < -0.3 is 9.88 Å². The predicted octanol–water partition coefficient (Wildman–Crippen LogP) is 4.00. The second kappa shape index (κ2) is 8.01. The van der Waals surface area contributed by atoms with Gasteiger partial charge in [-0.2, -0.15) is 0 Å². The van der Waals surface area contributed by atoms with Gasteiger partial charge in [0, 0.05) is 28.5 Å². The number of carbonyl (C=O) groups is 2. The first kappa shape index (κ1) is 18.6. The minimum atomic E-state index is -0.342. The molecule has 1 N–H and O–H groups in total. The number of hydrogen-bond acceptors (Lipinski definition) is 3. The Bertz CT molecular complexity index is 1060. The topological polar surface area (TPSA) is 68.2 Å². The predicted molar refractivity (Wildman–Crippen MR) is 106 cm³/mol. The zero-order valence-electron chi connectivity index (χ0n) is 14.6. The molecule has 3 rings (SSSR count). The lowest BCUT2D eigenvalue weighted by atomic mass is 10.1. The molecule has 0 saturated carbocycles. The Morgan fingerprint density at radius 1 is 1.00 bits per heavy atom. The number of halogens is 1. The van der Waals surface area contributed by atoms with Crippen molar-refractivity contribution in [1.29, 1.82) is 0 Å². The van der Waals surface area contributed by atoms with Crippen LogP contribution < -0.4 is 10.9 Å². The molecule has 6 heteroatoms. The molecule has 5 nitrogen and oxygen atoms in total. The Kier molecular flexibility index (Phi) is 5.52. The van der Waals surface area contributed by atoms with Crippen LogP contribution in [0.5, 0.6) is 0 Å². The molecule has 0 spiro atoms. The molecule has 2 aromatic carbocycles. The van der Waals surface area contributed by atoms with Crippen LogP contribution in [-0.4, -0.2) is 16.3 Å². The van der Waals surface area contributed by atoms with E-state index in [1.807, 2.05) is 12.1 Å². The van der Waals surface area contributed by atoms with Gasteiger partial charge in [-0.3, -0.25) is 14.4 Å². The summed E-state index contributed by atoms with van der Waals surface area (Å²) in [5.74, 6) is -0.383. The lowest BCUT2D eigenvalue weighted by Crippen LogP contribution is -2.22. The molecular formula is C21H17ClN2O3. The Balaban J connectivity index is 1.79. The van der Waals surface area contributed by atoms with Crippen molar-refractivity contribution in [3.63, 3.8) is 0 Å². The largest absolute Gasteiger partial charge is 0.322 e. The second-order valence-corrected chi connectivity index (χ2v) is 6.54. The van der Waals surface area contributed by atoms with Crippen molar-refractivity contribution in [1.82, 2.24) is 4.57 Å². The number of amides is 1. The van der Waals surface area contributed by atoms with Gasteiger partial charge in [-0.1, -0.05) is 23.7 Å². The van der Waals surface area contributed by atoms with Crippen molar-refractivity contribution in [2.45, 2.75) is 13.5 Å². The summed E-state index contributed by atoms with van der Waals surface area (Å²) < 4.78 is 1.46. The average molecular weight is 381 g/mol. The zero-order chi connectivity index (χ0) is 19.4. The molecule has 0 atom stereocenters. The van der Waals surface area contributed by atoms with Crippen molar-refractivity contribution in [2.75, 3.05) is 5.32 Å². The number of carbonyl (C=O) groups excluding carboxylic acids is 2. The number of rotatable bonds is 5. The summed E-state index contributed by atoms with van der Waals surface area (Å²) in [6.07, 6.45) is 1.52. The SMILES string of the molecule is CC(=O)c1ccc(NC(=O)c2ccc(=O)n(Cc3cccc(Cl)c3)c2)cc1. The summed E-state index contributed by atoms with van der Waals surface area (Å²) >= 11 is 5.98. The van der Waals surface area contributed by atoms with E-state index >= 15 is 0 Å². The fourth-order valence-corrected chi connectivity index (χ4v) is 2.83. The van der Waals surface area contributed by atoms with Gasteiger partial charge in [-0.05, 0) is 55.0 Å². The lowest BCUT2D eigenvalue weighted by molar-refractivity contribution is 0.101. The molecule has 3 aromatic rings. The van der Waals surface area contributed by atoms with E-state index in [0.717, 1.165) is 5.56 Å². The van der Waals surface area contributed by atoms with Gasteiger partial charge in [0.2, 0.25) is 0 Å². The van der Waals surface area contributed by atoms with Crippen LogP contribution in [0.4, 0.5) is 5.69 Å². The van der Waals surface area contributed by atoms with Gasteiger partial charge in [0.15, 0.2) is 5.78 Å². The summed E-state index contributed by atoms with van der Waals surface area (Å²) in [5, 5.41) is 3.34. The van der Waals surface area contributed by atoms with Crippen LogP contribution in [0.1, 0.15) is 33.2 Å². The number of Topliss-reactive ketones (excluding diaryl/α,β-unsaturated/α-hetero) is 1. The van der Waals surface area contributed by atoms with Crippen LogP contribution >= 0.6 is 11.6 Å². The molecule has 0 fully saturated rings. The third-order valence-electron chi connectivity index (χ3n) is 4.04. The van der Waals surface area contributed by atoms with Gasteiger partial charge >= 0.3 is 0 Å². The summed E-state index contributed by atoms with van der Waals surface area (Å²) in [6.45, 7) is 1.80. The van der Waals surface area contributed by atoms with E-state index < -0.39 is 0 Å². The third kappa shape index (κ3) is 4.71. The molecule has 0 bridgehead atoms. The Morgan fingerprint density at radius 3 is 2.37 bits per heavy atom. The number of hydrogen-bond donors (Lipinski definition) is 1. The molecule has 1 aromatic heterocycles. The second-order valence-electron chi connectivity index (χ2n) is 6.10. The van der Waals surface area contributed by atoms with E-state index in [0.29, 0.717) is 28.4 Å². The van der Waals surface area contributed by atoms with Crippen LogP contribution in [0.15, 0.2) is 71.7 Å².